The van der Waals surface area contributed by atoms with E-state index in [0.29, 0.717) is 0 Å². The molecule has 2 rings (SSSR count). The first-order valence-electron chi connectivity index (χ1n) is 5.91. The van der Waals surface area contributed by atoms with Gasteiger partial charge in [0.15, 0.2) is 11.1 Å². The molecule has 0 unspecified atom stereocenters. The average Bonchev–Trinajstić information content (AvgIpc) is 2.31. The number of aryl methyl sites for hydroxylation is 1. The molecular formula is C13H18O2S. The van der Waals surface area contributed by atoms with Crippen molar-refractivity contribution in [1.29, 1.82) is 0 Å². The summed E-state index contributed by atoms with van der Waals surface area (Å²) in [6, 6.07) is 7.71. The lowest BCUT2D eigenvalue weighted by Crippen LogP contribution is -2.17. The molecule has 0 N–H and O–H groups in total. The Hall–Kier alpha value is -0.670. The van der Waals surface area contributed by atoms with Crippen LogP contribution in [0.3, 0.4) is 0 Å². The van der Waals surface area contributed by atoms with Crippen molar-refractivity contribution in [3.05, 3.63) is 29.8 Å². The van der Waals surface area contributed by atoms with Crippen LogP contribution in [0.25, 0.3) is 0 Å². The topological polar surface area (TPSA) is 26.3 Å². The Morgan fingerprint density at radius 1 is 1.12 bits per heavy atom. The van der Waals surface area contributed by atoms with Crippen LogP contribution in [0.1, 0.15) is 37.7 Å². The fourth-order valence-corrected chi connectivity index (χ4v) is 2.90. The quantitative estimate of drug-likeness (QED) is 0.807. The molecule has 0 bridgehead atoms. The molecule has 1 aliphatic rings. The molecule has 1 fully saturated rings. The first kappa shape index (κ1) is 11.8. The van der Waals surface area contributed by atoms with Crippen LogP contribution in [0.2, 0.25) is 0 Å². The summed E-state index contributed by atoms with van der Waals surface area (Å²) in [6.45, 7) is 2.02. The zero-order valence-electron chi connectivity index (χ0n) is 9.65. The van der Waals surface area contributed by atoms with Gasteiger partial charge in [0, 0.05) is 0 Å². The van der Waals surface area contributed by atoms with Gasteiger partial charge in [0.25, 0.3) is 0 Å². The van der Waals surface area contributed by atoms with E-state index in [0.717, 1.165) is 17.7 Å². The smallest absolute Gasteiger partial charge is 0.189 e. The van der Waals surface area contributed by atoms with Crippen LogP contribution >= 0.6 is 0 Å². The minimum Gasteiger partial charge on any atom is -0.283 e. The molecule has 2 nitrogen and oxygen atoms in total. The van der Waals surface area contributed by atoms with E-state index < -0.39 is 11.1 Å². The maximum atomic E-state index is 11.9. The van der Waals surface area contributed by atoms with Crippen LogP contribution in [0.5, 0.6) is 0 Å². The summed E-state index contributed by atoms with van der Waals surface area (Å²) in [5.41, 5.74) is 1.18. The normalized spacial score (nSPS) is 19.6. The molecule has 88 valence electrons. The van der Waals surface area contributed by atoms with Crippen molar-refractivity contribution in [2.75, 3.05) is 0 Å². The van der Waals surface area contributed by atoms with E-state index in [1.165, 1.54) is 24.8 Å². The average molecular weight is 238 g/mol. The highest BCUT2D eigenvalue weighted by Crippen LogP contribution is 2.22. The van der Waals surface area contributed by atoms with Gasteiger partial charge in [-0.15, -0.1) is 0 Å². The molecule has 1 saturated carbocycles. The maximum absolute atomic E-state index is 11.9. The van der Waals surface area contributed by atoms with E-state index in [2.05, 4.69) is 0 Å². The van der Waals surface area contributed by atoms with Crippen LogP contribution in [-0.4, -0.2) is 10.3 Å². The Bertz CT molecular complexity index is 353. The third-order valence-electron chi connectivity index (χ3n) is 2.99. The summed E-state index contributed by atoms with van der Waals surface area (Å²) in [5, 5.41) is 0. The van der Waals surface area contributed by atoms with E-state index >= 15 is 0 Å². The molecule has 1 aromatic rings. The predicted molar refractivity (Wildman–Crippen MR) is 65.5 cm³/mol. The van der Waals surface area contributed by atoms with Gasteiger partial charge in [-0.2, -0.15) is 0 Å². The fourth-order valence-electron chi connectivity index (χ4n) is 1.99. The maximum Gasteiger partial charge on any atom is 0.189 e. The lowest BCUT2D eigenvalue weighted by Gasteiger charge is -2.20. The van der Waals surface area contributed by atoms with Crippen molar-refractivity contribution >= 4 is 11.1 Å². The molecule has 1 atom stereocenters. The zero-order valence-corrected chi connectivity index (χ0v) is 10.5. The van der Waals surface area contributed by atoms with E-state index in [-0.39, 0.29) is 6.10 Å². The van der Waals surface area contributed by atoms with Gasteiger partial charge in [-0.05, 0) is 31.9 Å². The first-order valence-corrected chi connectivity index (χ1v) is 6.99. The number of benzene rings is 1. The van der Waals surface area contributed by atoms with Crippen molar-refractivity contribution in [3.63, 3.8) is 0 Å². The van der Waals surface area contributed by atoms with Crippen molar-refractivity contribution in [3.8, 4) is 0 Å². The van der Waals surface area contributed by atoms with E-state index in [1.54, 1.807) is 0 Å². The Kier molecular flexibility index (Phi) is 4.13. The van der Waals surface area contributed by atoms with Crippen LogP contribution in [-0.2, 0) is 15.3 Å². The van der Waals surface area contributed by atoms with Crippen LogP contribution in [0.15, 0.2) is 29.2 Å². The van der Waals surface area contributed by atoms with Crippen LogP contribution < -0.4 is 0 Å². The van der Waals surface area contributed by atoms with Gasteiger partial charge in [-0.25, -0.2) is 4.21 Å². The zero-order chi connectivity index (χ0) is 11.4. The lowest BCUT2D eigenvalue weighted by molar-refractivity contribution is 0.174. The first-order chi connectivity index (χ1) is 7.75. The minimum absolute atomic E-state index is 0.191. The standard InChI is InChI=1S/C13H18O2S/c1-11-7-9-13(10-8-11)16(14)15-12-5-3-2-4-6-12/h7-10,12H,2-6H2,1H3/t16-/m0/s1. The van der Waals surface area contributed by atoms with Crippen LogP contribution in [0.4, 0.5) is 0 Å². The Morgan fingerprint density at radius 3 is 2.38 bits per heavy atom. The molecule has 1 aromatic carbocycles. The third-order valence-corrected chi connectivity index (χ3v) is 4.09. The Morgan fingerprint density at radius 2 is 1.75 bits per heavy atom. The third kappa shape index (κ3) is 3.16. The fraction of sp³-hybridized carbons (Fsp3) is 0.538. The SMILES string of the molecule is Cc1ccc([S@@](=O)OC2CCCCC2)cc1. The monoisotopic (exact) mass is 238 g/mol. The summed E-state index contributed by atoms with van der Waals surface area (Å²) in [7, 11) is 0. The summed E-state index contributed by atoms with van der Waals surface area (Å²) in [6.07, 6.45) is 5.99. The van der Waals surface area contributed by atoms with Crippen molar-refractivity contribution in [2.24, 2.45) is 0 Å². The highest BCUT2D eigenvalue weighted by molar-refractivity contribution is 7.80. The van der Waals surface area contributed by atoms with Gasteiger partial charge in [0.1, 0.15) is 0 Å². The molecule has 0 amide bonds. The van der Waals surface area contributed by atoms with Crippen molar-refractivity contribution in [2.45, 2.75) is 50.0 Å². The van der Waals surface area contributed by atoms with Gasteiger partial charge < -0.3 is 0 Å². The largest absolute Gasteiger partial charge is 0.283 e. The lowest BCUT2D eigenvalue weighted by atomic mass is 9.98. The second kappa shape index (κ2) is 5.60. The molecule has 1 aliphatic carbocycles. The predicted octanol–water partition coefficient (Wildman–Crippen LogP) is 3.37. The van der Waals surface area contributed by atoms with E-state index in [1.807, 2.05) is 31.2 Å². The molecular weight excluding hydrogens is 220 g/mol. The van der Waals surface area contributed by atoms with E-state index in [9.17, 15) is 4.21 Å². The molecule has 0 radical (unpaired) electrons. The second-order valence-corrected chi connectivity index (χ2v) is 5.54. The Balaban J connectivity index is 1.94. The molecule has 3 heteroatoms. The van der Waals surface area contributed by atoms with Gasteiger partial charge in [0.2, 0.25) is 0 Å². The molecule has 0 aromatic heterocycles. The van der Waals surface area contributed by atoms with Crippen LogP contribution in [0, 0.1) is 6.92 Å². The molecule has 0 spiro atoms. The summed E-state index contributed by atoms with van der Waals surface area (Å²) in [4.78, 5) is 0.774. The number of hydrogen-bond acceptors (Lipinski definition) is 2. The minimum atomic E-state index is -1.29. The van der Waals surface area contributed by atoms with Gasteiger partial charge >= 0.3 is 0 Å². The number of hydrogen-bond donors (Lipinski definition) is 0. The van der Waals surface area contributed by atoms with Crippen molar-refractivity contribution in [1.82, 2.24) is 0 Å². The molecule has 16 heavy (non-hydrogen) atoms. The highest BCUT2D eigenvalue weighted by atomic mass is 32.2. The second-order valence-electron chi connectivity index (χ2n) is 4.40. The summed E-state index contributed by atoms with van der Waals surface area (Å²) in [5.74, 6) is 0. The molecule has 0 heterocycles. The highest BCUT2D eigenvalue weighted by Gasteiger charge is 2.17. The molecule has 0 saturated heterocycles. The van der Waals surface area contributed by atoms with Crippen molar-refractivity contribution < 1.29 is 8.39 Å². The van der Waals surface area contributed by atoms with E-state index in [4.69, 9.17) is 4.18 Å². The van der Waals surface area contributed by atoms with Gasteiger partial charge in [-0.1, -0.05) is 37.0 Å². The number of rotatable bonds is 3. The Labute approximate surface area is 99.7 Å². The van der Waals surface area contributed by atoms with Gasteiger partial charge in [-0.3, -0.25) is 4.18 Å². The summed E-state index contributed by atoms with van der Waals surface area (Å²) >= 11 is -1.29. The summed E-state index contributed by atoms with van der Waals surface area (Å²) < 4.78 is 17.5. The molecule has 0 aliphatic heterocycles. The van der Waals surface area contributed by atoms with Gasteiger partial charge in [0.05, 0.1) is 11.0 Å².